The zero-order valence-corrected chi connectivity index (χ0v) is 14.5. The minimum atomic E-state index is -0.316. The summed E-state index contributed by atoms with van der Waals surface area (Å²) < 4.78 is 0. The van der Waals surface area contributed by atoms with Gasteiger partial charge in [0, 0.05) is 37.6 Å². The molecule has 7 heteroatoms. The lowest BCUT2D eigenvalue weighted by Gasteiger charge is -2.36. The van der Waals surface area contributed by atoms with Gasteiger partial charge in [0.2, 0.25) is 0 Å². The number of pyridine rings is 1. The molecular formula is C19H19N5O2. The molecule has 1 N–H and O–H groups in total. The van der Waals surface area contributed by atoms with E-state index in [9.17, 15) is 9.59 Å². The maximum atomic E-state index is 12.5. The van der Waals surface area contributed by atoms with E-state index in [-0.39, 0.29) is 17.2 Å². The predicted octanol–water partition coefficient (Wildman–Crippen LogP) is 1.59. The third-order valence-corrected chi connectivity index (χ3v) is 4.65. The minimum absolute atomic E-state index is 0.163. The number of nitrogens with zero attached hydrogens (tertiary/aromatic N) is 4. The van der Waals surface area contributed by atoms with Crippen LogP contribution in [0.15, 0.2) is 47.3 Å². The average molecular weight is 349 g/mol. The molecule has 3 aromatic rings. The van der Waals surface area contributed by atoms with Crippen molar-refractivity contribution in [1.29, 1.82) is 0 Å². The van der Waals surface area contributed by atoms with Crippen molar-refractivity contribution < 1.29 is 4.79 Å². The van der Waals surface area contributed by atoms with Crippen molar-refractivity contribution in [3.05, 3.63) is 64.1 Å². The van der Waals surface area contributed by atoms with Crippen LogP contribution in [-0.2, 0) is 0 Å². The summed E-state index contributed by atoms with van der Waals surface area (Å²) in [5.41, 5.74) is 2.05. The average Bonchev–Trinajstić information content (AvgIpc) is 2.68. The maximum Gasteiger partial charge on any atom is 0.274 e. The fraction of sp³-hybridized carbons (Fsp3) is 0.263. The molecule has 0 spiro atoms. The van der Waals surface area contributed by atoms with E-state index in [1.807, 2.05) is 18.2 Å². The van der Waals surface area contributed by atoms with E-state index in [1.165, 1.54) is 12.1 Å². The Labute approximate surface area is 150 Å². The van der Waals surface area contributed by atoms with Gasteiger partial charge < -0.3 is 9.80 Å². The Kier molecular flexibility index (Phi) is 4.12. The summed E-state index contributed by atoms with van der Waals surface area (Å²) >= 11 is 0. The third-order valence-electron chi connectivity index (χ3n) is 4.65. The number of anilines is 1. The van der Waals surface area contributed by atoms with Crippen molar-refractivity contribution in [3.8, 4) is 0 Å². The lowest BCUT2D eigenvalue weighted by Crippen LogP contribution is -2.49. The third kappa shape index (κ3) is 3.03. The van der Waals surface area contributed by atoms with Gasteiger partial charge in [-0.15, -0.1) is 0 Å². The van der Waals surface area contributed by atoms with E-state index in [1.54, 1.807) is 4.90 Å². The fourth-order valence-electron chi connectivity index (χ4n) is 3.28. The zero-order chi connectivity index (χ0) is 18.1. The highest BCUT2D eigenvalue weighted by Gasteiger charge is 2.24. The van der Waals surface area contributed by atoms with Gasteiger partial charge in [-0.2, -0.15) is 5.10 Å². The van der Waals surface area contributed by atoms with Crippen LogP contribution >= 0.6 is 0 Å². The maximum absolute atomic E-state index is 12.5. The Hall–Kier alpha value is -3.22. The second-order valence-electron chi connectivity index (χ2n) is 6.41. The predicted molar refractivity (Wildman–Crippen MR) is 99.5 cm³/mol. The molecular weight excluding hydrogens is 330 g/mol. The van der Waals surface area contributed by atoms with E-state index < -0.39 is 0 Å². The van der Waals surface area contributed by atoms with Crippen molar-refractivity contribution in [3.63, 3.8) is 0 Å². The molecule has 1 aromatic carbocycles. The Morgan fingerprint density at radius 1 is 1.08 bits per heavy atom. The van der Waals surface area contributed by atoms with Gasteiger partial charge in [0.1, 0.15) is 11.5 Å². The summed E-state index contributed by atoms with van der Waals surface area (Å²) in [7, 11) is 0. The molecule has 1 fully saturated rings. The van der Waals surface area contributed by atoms with Gasteiger partial charge in [-0.3, -0.25) is 9.59 Å². The first kappa shape index (κ1) is 16.3. The van der Waals surface area contributed by atoms with Gasteiger partial charge in [-0.1, -0.05) is 18.2 Å². The van der Waals surface area contributed by atoms with Gasteiger partial charge in [-0.25, -0.2) is 10.1 Å². The number of piperazine rings is 1. The number of hydrogen-bond donors (Lipinski definition) is 1. The lowest BCUT2D eigenvalue weighted by molar-refractivity contribution is 0.0739. The zero-order valence-electron chi connectivity index (χ0n) is 14.5. The molecule has 0 atom stereocenters. The fourth-order valence-corrected chi connectivity index (χ4v) is 3.28. The Morgan fingerprint density at radius 2 is 1.85 bits per heavy atom. The quantitative estimate of drug-likeness (QED) is 0.760. The Bertz CT molecular complexity index is 1000. The smallest absolute Gasteiger partial charge is 0.274 e. The molecule has 4 rings (SSSR count). The first-order chi connectivity index (χ1) is 12.6. The van der Waals surface area contributed by atoms with Crippen molar-refractivity contribution >= 4 is 22.6 Å². The highest BCUT2D eigenvalue weighted by Crippen LogP contribution is 2.24. The van der Waals surface area contributed by atoms with Crippen molar-refractivity contribution in [2.75, 3.05) is 31.1 Å². The number of benzene rings is 1. The van der Waals surface area contributed by atoms with Crippen molar-refractivity contribution in [2.45, 2.75) is 6.92 Å². The van der Waals surface area contributed by atoms with Crippen molar-refractivity contribution in [1.82, 2.24) is 20.1 Å². The number of H-pyrrole nitrogens is 1. The normalized spacial score (nSPS) is 14.7. The first-order valence-corrected chi connectivity index (χ1v) is 8.58. The van der Waals surface area contributed by atoms with E-state index in [4.69, 9.17) is 4.98 Å². The molecule has 0 bridgehead atoms. The van der Waals surface area contributed by atoms with E-state index in [2.05, 4.69) is 34.2 Å². The molecule has 0 radical (unpaired) electrons. The van der Waals surface area contributed by atoms with Crippen LogP contribution in [-0.4, -0.2) is 52.2 Å². The van der Waals surface area contributed by atoms with Crippen LogP contribution in [0.5, 0.6) is 0 Å². The van der Waals surface area contributed by atoms with Gasteiger partial charge in [0.15, 0.2) is 0 Å². The van der Waals surface area contributed by atoms with Crippen LogP contribution in [0.1, 0.15) is 16.1 Å². The number of carbonyl (C=O) groups excluding carboxylic acids is 1. The molecule has 0 aliphatic carbocycles. The van der Waals surface area contributed by atoms with E-state index in [0.717, 1.165) is 22.3 Å². The van der Waals surface area contributed by atoms with Crippen LogP contribution in [0, 0.1) is 6.92 Å². The number of fused-ring (bicyclic) bond motifs is 1. The number of aromatic nitrogens is 3. The SMILES string of the molecule is Cc1cc2ccccc2nc1N1CCN(C(=O)c2ccc(=O)[nH]n2)CC1. The number of carbonyl (C=O) groups is 1. The van der Waals surface area contributed by atoms with Gasteiger partial charge in [0.25, 0.3) is 11.5 Å². The van der Waals surface area contributed by atoms with Crippen LogP contribution in [0.25, 0.3) is 10.9 Å². The number of rotatable bonds is 2. The number of amides is 1. The molecule has 7 nitrogen and oxygen atoms in total. The van der Waals surface area contributed by atoms with Gasteiger partial charge in [0.05, 0.1) is 5.52 Å². The summed E-state index contributed by atoms with van der Waals surface area (Å²) in [6.45, 7) is 4.67. The van der Waals surface area contributed by atoms with Crippen molar-refractivity contribution in [2.24, 2.45) is 0 Å². The second kappa shape index (κ2) is 6.59. The molecule has 0 unspecified atom stereocenters. The molecule has 1 aliphatic rings. The topological polar surface area (TPSA) is 82.2 Å². The second-order valence-corrected chi connectivity index (χ2v) is 6.41. The molecule has 132 valence electrons. The number of aromatic amines is 1. The monoisotopic (exact) mass is 349 g/mol. The molecule has 3 heterocycles. The summed E-state index contributed by atoms with van der Waals surface area (Å²) in [6.07, 6.45) is 0. The number of nitrogens with one attached hydrogen (secondary N) is 1. The van der Waals surface area contributed by atoms with E-state index >= 15 is 0 Å². The summed E-state index contributed by atoms with van der Waals surface area (Å²) in [5.74, 6) is 0.807. The molecule has 2 aromatic heterocycles. The molecule has 26 heavy (non-hydrogen) atoms. The largest absolute Gasteiger partial charge is 0.353 e. The highest BCUT2D eigenvalue weighted by molar-refractivity contribution is 5.92. The van der Waals surface area contributed by atoms with Crippen LogP contribution in [0.2, 0.25) is 0 Å². The number of para-hydroxylation sites is 1. The molecule has 1 saturated heterocycles. The number of hydrogen-bond acceptors (Lipinski definition) is 5. The number of aryl methyl sites for hydroxylation is 1. The Balaban J connectivity index is 1.50. The molecule has 1 aliphatic heterocycles. The summed E-state index contributed by atoms with van der Waals surface area (Å²) in [4.78, 5) is 32.4. The van der Waals surface area contributed by atoms with Crippen LogP contribution < -0.4 is 10.5 Å². The lowest BCUT2D eigenvalue weighted by atomic mass is 10.1. The molecule has 1 amide bonds. The molecule has 0 saturated carbocycles. The standard InChI is InChI=1S/C19H19N5O2/c1-13-12-14-4-2-3-5-15(14)20-18(13)23-8-10-24(11-9-23)19(26)16-6-7-17(25)22-21-16/h2-7,12H,8-11H2,1H3,(H,22,25). The first-order valence-electron chi connectivity index (χ1n) is 8.58. The van der Waals surface area contributed by atoms with Crippen LogP contribution in [0.3, 0.4) is 0 Å². The van der Waals surface area contributed by atoms with Crippen LogP contribution in [0.4, 0.5) is 5.82 Å². The van der Waals surface area contributed by atoms with Gasteiger partial charge >= 0.3 is 0 Å². The van der Waals surface area contributed by atoms with E-state index in [0.29, 0.717) is 26.2 Å². The minimum Gasteiger partial charge on any atom is -0.353 e. The summed E-state index contributed by atoms with van der Waals surface area (Å²) in [5, 5.41) is 7.26. The summed E-state index contributed by atoms with van der Waals surface area (Å²) in [6, 6.07) is 13.0. The Morgan fingerprint density at radius 3 is 2.58 bits per heavy atom. The highest BCUT2D eigenvalue weighted by atomic mass is 16.2. The van der Waals surface area contributed by atoms with Gasteiger partial charge in [-0.05, 0) is 30.7 Å².